The topological polar surface area (TPSA) is 66.9 Å². The molecule has 0 unspecified atom stereocenters. The van der Waals surface area contributed by atoms with Gasteiger partial charge in [-0.3, -0.25) is 4.79 Å². The summed E-state index contributed by atoms with van der Waals surface area (Å²) in [4.78, 5) is 11.4. The van der Waals surface area contributed by atoms with Gasteiger partial charge >= 0.3 is 0 Å². The van der Waals surface area contributed by atoms with Crippen LogP contribution in [0.15, 0.2) is 12.1 Å². The summed E-state index contributed by atoms with van der Waals surface area (Å²) in [5, 5.41) is 14.2. The molecule has 0 spiro atoms. The van der Waals surface area contributed by atoms with E-state index in [0.717, 1.165) is 12.2 Å². The maximum atomic E-state index is 11.4. The third kappa shape index (κ3) is 3.68. The molecular weight excluding hydrogens is 228 g/mol. The standard InChI is InChI=1S/C13H20N4O/c1-2-5-13(18)15-12-9-8-11(16-17-12)14-10-6-3-4-7-10/h8-10H,2-7H2,1H3,(H,14,16)(H,15,17,18). The van der Waals surface area contributed by atoms with Crippen molar-refractivity contribution < 1.29 is 4.79 Å². The monoisotopic (exact) mass is 248 g/mol. The first-order valence-electron chi connectivity index (χ1n) is 6.68. The van der Waals surface area contributed by atoms with Gasteiger partial charge in [0.05, 0.1) is 0 Å². The Morgan fingerprint density at radius 1 is 1.28 bits per heavy atom. The molecule has 1 saturated carbocycles. The molecule has 1 aromatic rings. The van der Waals surface area contributed by atoms with Crippen LogP contribution >= 0.6 is 0 Å². The molecule has 18 heavy (non-hydrogen) atoms. The molecule has 1 amide bonds. The fourth-order valence-corrected chi connectivity index (χ4v) is 2.19. The molecule has 1 fully saturated rings. The molecule has 2 rings (SSSR count). The molecule has 5 heteroatoms. The SMILES string of the molecule is CCCC(=O)Nc1ccc(NC2CCCC2)nn1. The molecule has 0 aliphatic heterocycles. The maximum Gasteiger partial charge on any atom is 0.225 e. The van der Waals surface area contributed by atoms with Crippen molar-refractivity contribution in [2.75, 3.05) is 10.6 Å². The summed E-state index contributed by atoms with van der Waals surface area (Å²) in [6, 6.07) is 4.19. The van der Waals surface area contributed by atoms with E-state index in [1.807, 2.05) is 13.0 Å². The normalized spacial score (nSPS) is 15.6. The molecule has 0 bridgehead atoms. The smallest absolute Gasteiger partial charge is 0.225 e. The second kappa shape index (κ2) is 6.33. The first-order valence-corrected chi connectivity index (χ1v) is 6.68. The van der Waals surface area contributed by atoms with Crippen LogP contribution in [0.2, 0.25) is 0 Å². The highest BCUT2D eigenvalue weighted by molar-refractivity contribution is 5.89. The number of carbonyl (C=O) groups excluding carboxylic acids is 1. The van der Waals surface area contributed by atoms with Gasteiger partial charge in [0.15, 0.2) is 5.82 Å². The minimum atomic E-state index is -0.0108. The van der Waals surface area contributed by atoms with Crippen molar-refractivity contribution in [1.29, 1.82) is 0 Å². The number of nitrogens with zero attached hydrogens (tertiary/aromatic N) is 2. The van der Waals surface area contributed by atoms with Crippen LogP contribution in [0.25, 0.3) is 0 Å². The van der Waals surface area contributed by atoms with Crippen molar-refractivity contribution in [3.05, 3.63) is 12.1 Å². The Balaban J connectivity index is 1.86. The van der Waals surface area contributed by atoms with E-state index in [4.69, 9.17) is 0 Å². The zero-order chi connectivity index (χ0) is 12.8. The van der Waals surface area contributed by atoms with Crippen LogP contribution in [0.5, 0.6) is 0 Å². The average Bonchev–Trinajstić information content (AvgIpc) is 2.85. The van der Waals surface area contributed by atoms with Gasteiger partial charge in [-0.15, -0.1) is 10.2 Å². The number of carbonyl (C=O) groups is 1. The highest BCUT2D eigenvalue weighted by Crippen LogP contribution is 2.21. The molecule has 0 saturated heterocycles. The quantitative estimate of drug-likeness (QED) is 0.840. The molecule has 1 heterocycles. The second-order valence-corrected chi connectivity index (χ2v) is 4.73. The Kier molecular flexibility index (Phi) is 4.50. The van der Waals surface area contributed by atoms with Crippen LogP contribution in [0.1, 0.15) is 45.4 Å². The number of amides is 1. The van der Waals surface area contributed by atoms with Crippen LogP contribution in [-0.4, -0.2) is 22.1 Å². The number of aromatic nitrogens is 2. The predicted molar refractivity (Wildman–Crippen MR) is 71.4 cm³/mol. The van der Waals surface area contributed by atoms with Gasteiger partial charge in [-0.25, -0.2) is 0 Å². The largest absolute Gasteiger partial charge is 0.366 e. The van der Waals surface area contributed by atoms with Crippen molar-refractivity contribution in [1.82, 2.24) is 10.2 Å². The predicted octanol–water partition coefficient (Wildman–Crippen LogP) is 2.57. The van der Waals surface area contributed by atoms with E-state index in [1.165, 1.54) is 25.7 Å². The Morgan fingerprint density at radius 3 is 2.56 bits per heavy atom. The lowest BCUT2D eigenvalue weighted by atomic mass is 10.2. The first kappa shape index (κ1) is 12.8. The fraction of sp³-hybridized carbons (Fsp3) is 0.615. The zero-order valence-corrected chi connectivity index (χ0v) is 10.8. The molecule has 5 nitrogen and oxygen atoms in total. The maximum absolute atomic E-state index is 11.4. The van der Waals surface area contributed by atoms with Crippen LogP contribution < -0.4 is 10.6 Å². The Morgan fingerprint density at radius 2 is 1.94 bits per heavy atom. The molecule has 1 aliphatic rings. The van der Waals surface area contributed by atoms with Gasteiger partial charge in [0.2, 0.25) is 5.91 Å². The van der Waals surface area contributed by atoms with Gasteiger partial charge < -0.3 is 10.6 Å². The summed E-state index contributed by atoms with van der Waals surface area (Å²) in [7, 11) is 0. The van der Waals surface area contributed by atoms with Gasteiger partial charge in [0.1, 0.15) is 5.82 Å². The second-order valence-electron chi connectivity index (χ2n) is 4.73. The lowest BCUT2D eigenvalue weighted by Gasteiger charge is -2.12. The molecule has 1 aliphatic carbocycles. The number of nitrogens with one attached hydrogen (secondary N) is 2. The summed E-state index contributed by atoms with van der Waals surface area (Å²) < 4.78 is 0. The average molecular weight is 248 g/mol. The molecule has 98 valence electrons. The van der Waals surface area contributed by atoms with Gasteiger partial charge in [-0.2, -0.15) is 0 Å². The molecule has 1 aromatic heterocycles. The molecule has 0 aromatic carbocycles. The lowest BCUT2D eigenvalue weighted by Crippen LogP contribution is -2.17. The number of hydrogen-bond donors (Lipinski definition) is 2. The summed E-state index contributed by atoms with van der Waals surface area (Å²) in [5.41, 5.74) is 0. The van der Waals surface area contributed by atoms with E-state index >= 15 is 0 Å². The Labute approximate surface area is 107 Å². The number of anilines is 2. The lowest BCUT2D eigenvalue weighted by molar-refractivity contribution is -0.116. The van der Waals surface area contributed by atoms with Crippen molar-refractivity contribution in [2.24, 2.45) is 0 Å². The molecule has 2 N–H and O–H groups in total. The van der Waals surface area contributed by atoms with E-state index < -0.39 is 0 Å². The van der Waals surface area contributed by atoms with Crippen LogP contribution in [-0.2, 0) is 4.79 Å². The van der Waals surface area contributed by atoms with Crippen LogP contribution in [0, 0.1) is 0 Å². The van der Waals surface area contributed by atoms with Crippen molar-refractivity contribution in [3.8, 4) is 0 Å². The van der Waals surface area contributed by atoms with Gasteiger partial charge in [0.25, 0.3) is 0 Å². The Bertz CT molecular complexity index is 384. The summed E-state index contributed by atoms with van der Waals surface area (Å²) >= 11 is 0. The van der Waals surface area contributed by atoms with Crippen molar-refractivity contribution in [3.63, 3.8) is 0 Å². The van der Waals surface area contributed by atoms with Crippen LogP contribution in [0.4, 0.5) is 11.6 Å². The van der Waals surface area contributed by atoms with E-state index in [2.05, 4.69) is 20.8 Å². The summed E-state index contributed by atoms with van der Waals surface area (Å²) in [6.45, 7) is 1.97. The minimum Gasteiger partial charge on any atom is -0.366 e. The molecule has 0 radical (unpaired) electrons. The number of hydrogen-bond acceptors (Lipinski definition) is 4. The Hall–Kier alpha value is -1.65. The van der Waals surface area contributed by atoms with Gasteiger partial charge in [0, 0.05) is 12.5 Å². The molecule has 0 atom stereocenters. The zero-order valence-electron chi connectivity index (χ0n) is 10.8. The highest BCUT2D eigenvalue weighted by atomic mass is 16.1. The van der Waals surface area contributed by atoms with Crippen molar-refractivity contribution in [2.45, 2.75) is 51.5 Å². The van der Waals surface area contributed by atoms with Gasteiger partial charge in [-0.05, 0) is 31.4 Å². The minimum absolute atomic E-state index is 0.0108. The third-order valence-electron chi connectivity index (χ3n) is 3.12. The van der Waals surface area contributed by atoms with E-state index in [9.17, 15) is 4.79 Å². The third-order valence-corrected chi connectivity index (χ3v) is 3.12. The summed E-state index contributed by atoms with van der Waals surface area (Å²) in [6.07, 6.45) is 6.34. The van der Waals surface area contributed by atoms with E-state index in [-0.39, 0.29) is 5.91 Å². The van der Waals surface area contributed by atoms with E-state index in [0.29, 0.717) is 18.3 Å². The number of rotatable bonds is 5. The van der Waals surface area contributed by atoms with E-state index in [1.54, 1.807) is 6.07 Å². The summed E-state index contributed by atoms with van der Waals surface area (Å²) in [5.74, 6) is 1.30. The first-order chi connectivity index (χ1) is 8.78. The van der Waals surface area contributed by atoms with Crippen molar-refractivity contribution >= 4 is 17.5 Å². The van der Waals surface area contributed by atoms with Crippen LogP contribution in [0.3, 0.4) is 0 Å². The highest BCUT2D eigenvalue weighted by Gasteiger charge is 2.15. The fourth-order valence-electron chi connectivity index (χ4n) is 2.19. The van der Waals surface area contributed by atoms with Gasteiger partial charge in [-0.1, -0.05) is 19.8 Å². The molecular formula is C13H20N4O.